The summed E-state index contributed by atoms with van der Waals surface area (Å²) in [6.07, 6.45) is -13.3. The van der Waals surface area contributed by atoms with Crippen LogP contribution in [0.15, 0.2) is 42.5 Å². The van der Waals surface area contributed by atoms with E-state index in [4.69, 9.17) is 33.2 Å². The fourth-order valence-electron chi connectivity index (χ4n) is 5.40. The lowest BCUT2D eigenvalue weighted by molar-refractivity contribution is -0.344. The van der Waals surface area contributed by atoms with Gasteiger partial charge in [0.15, 0.2) is 29.3 Å². The van der Waals surface area contributed by atoms with E-state index in [0.29, 0.717) is 5.56 Å². The Labute approximate surface area is 290 Å². The zero-order chi connectivity index (χ0) is 37.6. The van der Waals surface area contributed by atoms with Gasteiger partial charge in [-0.3, -0.25) is 4.79 Å². The molecule has 0 saturated carbocycles. The van der Waals surface area contributed by atoms with Crippen molar-refractivity contribution < 1.29 is 88.7 Å². The van der Waals surface area contributed by atoms with Gasteiger partial charge in [-0.25, -0.2) is 4.79 Å². The van der Waals surface area contributed by atoms with Crippen molar-refractivity contribution in [1.82, 2.24) is 0 Å². The van der Waals surface area contributed by atoms with Gasteiger partial charge >= 0.3 is 5.97 Å². The van der Waals surface area contributed by atoms with Crippen molar-refractivity contribution >= 4 is 23.9 Å². The van der Waals surface area contributed by atoms with E-state index >= 15 is 0 Å². The Morgan fingerprint density at radius 1 is 0.765 bits per heavy atom. The molecule has 0 aromatic heterocycles. The van der Waals surface area contributed by atoms with Gasteiger partial charge in [0, 0.05) is 6.08 Å². The Kier molecular flexibility index (Phi) is 13.0. The average molecular weight is 725 g/mol. The number of hydrogen-bond donors (Lipinski definition) is 9. The Morgan fingerprint density at radius 3 is 1.98 bits per heavy atom. The van der Waals surface area contributed by atoms with Crippen molar-refractivity contribution in [1.29, 1.82) is 0 Å². The minimum atomic E-state index is -2.96. The summed E-state index contributed by atoms with van der Waals surface area (Å²) in [5, 5.41) is 92.9. The summed E-state index contributed by atoms with van der Waals surface area (Å²) in [4.78, 5) is 27.6. The predicted octanol–water partition coefficient (Wildman–Crippen LogP) is -2.04. The van der Waals surface area contributed by atoms with Gasteiger partial charge in [-0.15, -0.1) is 0 Å². The molecule has 10 atom stereocenters. The van der Waals surface area contributed by atoms with Crippen molar-refractivity contribution in [2.45, 2.75) is 60.9 Å². The van der Waals surface area contributed by atoms with E-state index in [1.54, 1.807) is 0 Å². The number of ketones is 1. The number of aliphatic hydroxyl groups is 7. The zero-order valence-electron chi connectivity index (χ0n) is 27.5. The van der Waals surface area contributed by atoms with Gasteiger partial charge in [0.1, 0.15) is 42.7 Å². The summed E-state index contributed by atoms with van der Waals surface area (Å²) >= 11 is 0. The molecule has 51 heavy (non-hydrogen) atoms. The van der Waals surface area contributed by atoms with Gasteiger partial charge < -0.3 is 79.1 Å². The van der Waals surface area contributed by atoms with Crippen LogP contribution in [0.25, 0.3) is 12.2 Å². The predicted molar refractivity (Wildman–Crippen MR) is 170 cm³/mol. The molecule has 0 spiro atoms. The fourth-order valence-corrected chi connectivity index (χ4v) is 5.40. The molecule has 2 fully saturated rings. The maximum atomic E-state index is 14.2. The maximum Gasteiger partial charge on any atom is 0.332 e. The summed E-state index contributed by atoms with van der Waals surface area (Å²) in [5.41, 5.74) is -2.43. The molecule has 2 aromatic carbocycles. The van der Waals surface area contributed by atoms with Crippen molar-refractivity contribution in [3.05, 3.63) is 53.6 Å². The third-order valence-corrected chi connectivity index (χ3v) is 8.27. The fraction of sp³-hybridized carbons (Fsp3) is 0.455. The number of ether oxygens (including phenoxy) is 7. The van der Waals surface area contributed by atoms with E-state index in [1.165, 1.54) is 57.7 Å². The van der Waals surface area contributed by atoms with E-state index in [2.05, 4.69) is 0 Å². The van der Waals surface area contributed by atoms with Crippen molar-refractivity contribution in [3.63, 3.8) is 0 Å². The molecule has 18 heteroatoms. The highest BCUT2D eigenvalue weighted by molar-refractivity contribution is 6.03. The summed E-state index contributed by atoms with van der Waals surface area (Å²) in [5.74, 6) is -3.06. The third-order valence-electron chi connectivity index (χ3n) is 8.27. The Balaban J connectivity index is 1.76. The van der Waals surface area contributed by atoms with Crippen LogP contribution in [0.1, 0.15) is 11.1 Å². The molecule has 4 rings (SSSR count). The first-order valence-corrected chi connectivity index (χ1v) is 15.3. The maximum absolute atomic E-state index is 14.2. The summed E-state index contributed by atoms with van der Waals surface area (Å²) in [7, 11) is 3.85. The SMILES string of the molecule is COc1cc(C=CC(=O)O[C@@]2(C(=O)C=Cc3cc(OC)c(O)c(OC)c3)[C@H](OC[C@H]3O[C@@H](O)[C@H](O)[C@@H](O)[C@@H]3O)O[C@H](CO)[C@@H](O)[C@@H]2O)ccc1O. The highest BCUT2D eigenvalue weighted by atomic mass is 16.7. The number of hydrogen-bond acceptors (Lipinski definition) is 18. The Bertz CT molecular complexity index is 1570. The second-order valence-electron chi connectivity index (χ2n) is 11.4. The first-order chi connectivity index (χ1) is 24.2. The number of benzene rings is 2. The summed E-state index contributed by atoms with van der Waals surface area (Å²) in [6, 6.07) is 6.72. The van der Waals surface area contributed by atoms with Crippen molar-refractivity contribution in [3.8, 4) is 28.7 Å². The first-order valence-electron chi connectivity index (χ1n) is 15.3. The van der Waals surface area contributed by atoms with Gasteiger partial charge in [-0.05, 0) is 47.5 Å². The van der Waals surface area contributed by atoms with Crippen LogP contribution in [-0.2, 0) is 28.5 Å². The number of phenols is 2. The van der Waals surface area contributed by atoms with Crippen LogP contribution in [0.2, 0.25) is 0 Å². The van der Waals surface area contributed by atoms with Crippen LogP contribution in [0.3, 0.4) is 0 Å². The molecule has 2 aliphatic rings. The lowest BCUT2D eigenvalue weighted by atomic mass is 9.82. The first kappa shape index (κ1) is 39.4. The monoisotopic (exact) mass is 724 g/mol. The molecule has 18 nitrogen and oxygen atoms in total. The molecular formula is C33H40O18. The highest BCUT2D eigenvalue weighted by Crippen LogP contribution is 2.39. The molecule has 2 aromatic rings. The van der Waals surface area contributed by atoms with E-state index in [-0.39, 0.29) is 34.3 Å². The quantitative estimate of drug-likeness (QED) is 0.0794. The normalized spacial score (nSPS) is 31.1. The topological polar surface area (TPSA) is 281 Å². The average Bonchev–Trinajstić information content (AvgIpc) is 3.13. The van der Waals surface area contributed by atoms with E-state index in [1.807, 2.05) is 0 Å². The number of carbonyl (C=O) groups excluding carboxylic acids is 2. The molecule has 0 amide bonds. The number of esters is 1. The van der Waals surface area contributed by atoms with E-state index in [9.17, 15) is 55.5 Å². The lowest BCUT2D eigenvalue weighted by Gasteiger charge is -2.48. The molecule has 9 N–H and O–H groups in total. The number of methoxy groups -OCH3 is 3. The molecule has 0 bridgehead atoms. The van der Waals surface area contributed by atoms with Crippen LogP contribution in [0.5, 0.6) is 28.7 Å². The Hall–Kier alpha value is -4.34. The van der Waals surface area contributed by atoms with E-state index < -0.39 is 85.9 Å². The van der Waals surface area contributed by atoms with Crippen LogP contribution >= 0.6 is 0 Å². The molecule has 2 saturated heterocycles. The summed E-state index contributed by atoms with van der Waals surface area (Å²) in [6.45, 7) is -1.76. The minimum Gasteiger partial charge on any atom is -0.504 e. The minimum absolute atomic E-state index is 0.0393. The zero-order valence-corrected chi connectivity index (χ0v) is 27.5. The van der Waals surface area contributed by atoms with Crippen molar-refractivity contribution in [2.24, 2.45) is 0 Å². The largest absolute Gasteiger partial charge is 0.504 e. The number of aliphatic hydroxyl groups excluding tert-OH is 7. The number of phenolic OH excluding ortho intramolecular Hbond substituents is 2. The number of rotatable bonds is 13. The van der Waals surface area contributed by atoms with Gasteiger partial charge in [-0.2, -0.15) is 0 Å². The standard InChI is InChI=1S/C33H40O18/c1-45-18-10-15(4-7-17(18)35)6-9-24(37)51-33(23(36)8-5-16-11-19(46-2)25(38)20(12-16)47-3)30(43)27(40)21(13-34)50-32(33)48-14-22-26(39)28(41)29(42)31(44)49-22/h4-12,21-22,26-32,34-35,38-44H,13-14H2,1-3H3/t21-,22-,26-,27-,28+,29-,30+,31-,32-,33-/m1/s1. The van der Waals surface area contributed by atoms with E-state index in [0.717, 1.165) is 18.2 Å². The van der Waals surface area contributed by atoms with Crippen LogP contribution in [0, 0.1) is 0 Å². The smallest absolute Gasteiger partial charge is 0.332 e. The Morgan fingerprint density at radius 2 is 1.37 bits per heavy atom. The molecule has 280 valence electrons. The van der Waals surface area contributed by atoms with Crippen LogP contribution < -0.4 is 14.2 Å². The second-order valence-corrected chi connectivity index (χ2v) is 11.4. The van der Waals surface area contributed by atoms with Crippen LogP contribution in [-0.4, -0.2) is 153 Å². The lowest BCUT2D eigenvalue weighted by Crippen LogP contribution is -2.72. The van der Waals surface area contributed by atoms with Crippen molar-refractivity contribution in [2.75, 3.05) is 34.5 Å². The van der Waals surface area contributed by atoms with Gasteiger partial charge in [0.05, 0.1) is 34.5 Å². The van der Waals surface area contributed by atoms with Gasteiger partial charge in [-0.1, -0.05) is 12.1 Å². The van der Waals surface area contributed by atoms with Crippen LogP contribution in [0.4, 0.5) is 0 Å². The molecule has 0 radical (unpaired) electrons. The van der Waals surface area contributed by atoms with Gasteiger partial charge in [0.2, 0.25) is 17.8 Å². The second kappa shape index (κ2) is 16.8. The number of aromatic hydroxyl groups is 2. The highest BCUT2D eigenvalue weighted by Gasteiger charge is 2.63. The number of carbonyl (C=O) groups is 2. The molecule has 2 heterocycles. The molecule has 0 aliphatic carbocycles. The third kappa shape index (κ3) is 8.26. The summed E-state index contributed by atoms with van der Waals surface area (Å²) < 4.78 is 37.3. The molecular weight excluding hydrogens is 684 g/mol. The molecule has 2 aliphatic heterocycles. The van der Waals surface area contributed by atoms with Gasteiger partial charge in [0.25, 0.3) is 5.60 Å². The molecule has 0 unspecified atom stereocenters.